The standard InChI is InChI=1S/BH3.Co.Cr.Pt.Re.Tb/h1H3;;;;;. The van der Waals surface area contributed by atoms with E-state index in [1.165, 1.54) is 0 Å². The molecule has 0 bridgehead atoms. The average Bonchev–Trinajstić information content (AvgIpc) is 0. The molecular weight excluding hydrogens is 662 g/mol. The van der Waals surface area contributed by atoms with E-state index in [0.29, 0.717) is 0 Å². The summed E-state index contributed by atoms with van der Waals surface area (Å²) in [4.78, 5) is 0. The first-order valence-electron chi connectivity index (χ1n) is 0. The second-order valence-corrected chi connectivity index (χ2v) is 0. The van der Waals surface area contributed by atoms with Crippen LogP contribution in [0.5, 0.6) is 0 Å². The van der Waals surface area contributed by atoms with Gasteiger partial charge in [0.2, 0.25) is 0 Å². The molecule has 6 heteroatoms. The van der Waals surface area contributed by atoms with Crippen molar-refractivity contribution in [3.05, 3.63) is 0 Å². The Morgan fingerprint density at radius 1 is 1.00 bits per heavy atom. The van der Waals surface area contributed by atoms with E-state index in [1.807, 2.05) is 0 Å². The molecule has 0 rings (SSSR count). The van der Waals surface area contributed by atoms with E-state index in [9.17, 15) is 0 Å². The summed E-state index contributed by atoms with van der Waals surface area (Å²) in [7, 11) is 0. The smallest absolute Gasteiger partial charge is 0 e. The van der Waals surface area contributed by atoms with Gasteiger partial charge in [0.15, 0.2) is 0 Å². The third-order valence-corrected chi connectivity index (χ3v) is 0. The van der Waals surface area contributed by atoms with Crippen molar-refractivity contribution in [2.45, 2.75) is 0 Å². The van der Waals surface area contributed by atoms with E-state index in [4.69, 9.17) is 0 Å². The maximum atomic E-state index is 0. The van der Waals surface area contributed by atoms with Crippen LogP contribution < -0.4 is 0 Å². The molecule has 0 saturated carbocycles. The van der Waals surface area contributed by atoms with Crippen molar-refractivity contribution in [2.75, 3.05) is 0 Å². The summed E-state index contributed by atoms with van der Waals surface area (Å²) < 4.78 is 0. The van der Waals surface area contributed by atoms with E-state index in [-0.39, 0.29) is 123 Å². The summed E-state index contributed by atoms with van der Waals surface area (Å²) in [6.07, 6.45) is 0. The maximum absolute atomic E-state index is 0. The van der Waals surface area contributed by atoms with Crippen LogP contribution in [-0.4, -0.2) is 8.41 Å². The van der Waals surface area contributed by atoms with Gasteiger partial charge in [-0.2, -0.15) is 0 Å². The van der Waals surface area contributed by atoms with Crippen LogP contribution in [-0.2, 0) is 75.6 Å². The summed E-state index contributed by atoms with van der Waals surface area (Å²) in [6, 6.07) is 0. The van der Waals surface area contributed by atoms with Crippen LogP contribution in [0, 0.1) is 38.6 Å². The molecular formula is H3BCoCrPtReTb. The van der Waals surface area contributed by atoms with Crippen LogP contribution in [0.15, 0.2) is 0 Å². The van der Waals surface area contributed by atoms with Gasteiger partial charge in [0, 0.05) is 114 Å². The second kappa shape index (κ2) is 37.4. The van der Waals surface area contributed by atoms with Crippen molar-refractivity contribution < 1.29 is 114 Å². The molecule has 0 saturated heterocycles. The Morgan fingerprint density at radius 2 is 1.00 bits per heavy atom. The molecule has 3 radical (unpaired) electrons. The number of rotatable bonds is 0. The molecule has 0 spiro atoms. The third kappa shape index (κ3) is 25.1. The Bertz CT molecular complexity index is 15.5. The Morgan fingerprint density at radius 3 is 1.00 bits per heavy atom. The molecule has 47 valence electrons. The zero-order chi connectivity index (χ0) is 0. The van der Waals surface area contributed by atoms with Gasteiger partial charge in [0.25, 0.3) is 0 Å². The fraction of sp³-hybridized carbons (Fsp3) is 0. The number of hydrogen-bond donors (Lipinski definition) is 0. The van der Waals surface area contributed by atoms with E-state index < -0.39 is 0 Å². The zero-order valence-corrected chi connectivity index (χ0v) is 11.2. The molecule has 0 aromatic heterocycles. The minimum atomic E-state index is 0. The molecule has 0 N–H and O–H groups in total. The van der Waals surface area contributed by atoms with Crippen LogP contribution in [0.25, 0.3) is 0 Å². The van der Waals surface area contributed by atoms with Gasteiger partial charge in [-0.05, 0) is 0 Å². The van der Waals surface area contributed by atoms with E-state index >= 15 is 0 Å². The molecule has 0 unspecified atom stereocenters. The molecule has 0 aliphatic heterocycles. The van der Waals surface area contributed by atoms with Gasteiger partial charge in [0.1, 0.15) is 0 Å². The van der Waals surface area contributed by atoms with Crippen molar-refractivity contribution >= 4 is 8.41 Å². The Balaban J connectivity index is 0. The predicted molar refractivity (Wildman–Crippen MR) is 9.94 cm³/mol. The topological polar surface area (TPSA) is 0 Å². The third-order valence-electron chi connectivity index (χ3n) is 0. The van der Waals surface area contributed by atoms with Crippen LogP contribution in [0.2, 0.25) is 0 Å². The molecule has 0 aromatic rings. The first-order valence-corrected chi connectivity index (χ1v) is 0. The molecule has 6 heavy (non-hydrogen) atoms. The fourth-order valence-corrected chi connectivity index (χ4v) is 0. The maximum Gasteiger partial charge on any atom is 0.0814 e. The second-order valence-electron chi connectivity index (χ2n) is 0. The molecule has 0 amide bonds. The summed E-state index contributed by atoms with van der Waals surface area (Å²) in [5.41, 5.74) is 0. The van der Waals surface area contributed by atoms with Crippen molar-refractivity contribution in [2.24, 2.45) is 0 Å². The van der Waals surface area contributed by atoms with Crippen LogP contribution >= 0.6 is 0 Å². The first-order chi connectivity index (χ1) is 0. The molecule has 0 atom stereocenters. The van der Waals surface area contributed by atoms with E-state index in [0.717, 1.165) is 0 Å². The Kier molecular flexibility index (Phi) is 332. The summed E-state index contributed by atoms with van der Waals surface area (Å²) >= 11 is 0. The molecule has 0 fully saturated rings. The number of hydrogen-bond acceptors (Lipinski definition) is 0. The van der Waals surface area contributed by atoms with Gasteiger partial charge in [-0.15, -0.1) is 0 Å². The van der Waals surface area contributed by atoms with Gasteiger partial charge in [-0.3, -0.25) is 0 Å². The van der Waals surface area contributed by atoms with Crippen LogP contribution in [0.4, 0.5) is 0 Å². The Labute approximate surface area is 120 Å². The van der Waals surface area contributed by atoms with Crippen molar-refractivity contribution in [3.63, 3.8) is 0 Å². The van der Waals surface area contributed by atoms with E-state index in [2.05, 4.69) is 0 Å². The molecule has 0 aliphatic rings. The summed E-state index contributed by atoms with van der Waals surface area (Å²) in [6.45, 7) is 0. The minimum Gasteiger partial charge on any atom is 0 e. The zero-order valence-electron chi connectivity index (χ0n) is 1.77. The van der Waals surface area contributed by atoms with Gasteiger partial charge < -0.3 is 0 Å². The minimum absolute atomic E-state index is 0. The largest absolute Gasteiger partial charge is 0.0814 e. The molecule has 0 aromatic carbocycles. The van der Waals surface area contributed by atoms with Crippen molar-refractivity contribution in [3.8, 4) is 0 Å². The molecule has 0 heterocycles. The quantitative estimate of drug-likeness (QED) is 0.286. The van der Waals surface area contributed by atoms with Gasteiger partial charge in [-0.25, -0.2) is 0 Å². The summed E-state index contributed by atoms with van der Waals surface area (Å²) in [5.74, 6) is 0. The molecule has 0 aliphatic carbocycles. The van der Waals surface area contributed by atoms with Crippen LogP contribution in [0.3, 0.4) is 0 Å². The molecule has 0 nitrogen and oxygen atoms in total. The van der Waals surface area contributed by atoms with Gasteiger partial charge >= 0.3 is 0 Å². The monoisotopic (exact) mass is 666 g/mol. The van der Waals surface area contributed by atoms with Crippen molar-refractivity contribution in [1.82, 2.24) is 0 Å². The van der Waals surface area contributed by atoms with Crippen LogP contribution in [0.1, 0.15) is 0 Å². The Hall–Kier alpha value is 3.74. The average molecular weight is 665 g/mol. The first kappa shape index (κ1) is 53.2. The normalized spacial score (nSPS) is 0. The van der Waals surface area contributed by atoms with Crippen molar-refractivity contribution in [1.29, 1.82) is 0 Å². The predicted octanol–water partition coefficient (Wildman–Crippen LogP) is -1.19. The SMILES string of the molecule is B.[Co].[Cr].[Pt].[Re].[Tb]. The summed E-state index contributed by atoms with van der Waals surface area (Å²) in [5, 5.41) is 0. The van der Waals surface area contributed by atoms with E-state index in [1.54, 1.807) is 0 Å². The van der Waals surface area contributed by atoms with Gasteiger partial charge in [-0.1, -0.05) is 0 Å². The fourth-order valence-electron chi connectivity index (χ4n) is 0. The van der Waals surface area contributed by atoms with Gasteiger partial charge in [0.05, 0.1) is 8.41 Å².